The summed E-state index contributed by atoms with van der Waals surface area (Å²) >= 11 is 35.2. The predicted octanol–water partition coefficient (Wildman–Crippen LogP) is 4.69. The Morgan fingerprint density at radius 1 is 0.500 bits per heavy atom. The van der Waals surface area contributed by atoms with Crippen LogP contribution >= 0.6 is 69.6 Å². The maximum atomic E-state index is 5.87. The highest BCUT2D eigenvalue weighted by Crippen LogP contribution is 2.55. The van der Waals surface area contributed by atoms with Crippen molar-refractivity contribution in [3.8, 4) is 0 Å². The van der Waals surface area contributed by atoms with E-state index in [0.29, 0.717) is 0 Å². The van der Waals surface area contributed by atoms with Crippen molar-refractivity contribution in [3.63, 3.8) is 0 Å². The second-order valence-electron chi connectivity index (χ2n) is 3.10. The molecule has 1 rings (SSSR count). The van der Waals surface area contributed by atoms with Gasteiger partial charge in [0.2, 0.25) is 0 Å². The van der Waals surface area contributed by atoms with E-state index in [1.807, 2.05) is 0 Å². The standard InChI is InChI=1S/C6H6Cl6/c7-4(8)1-5(9,10)3-6(11,12)2-4/h1-3H2. The first-order chi connectivity index (χ1) is 5.12. The van der Waals surface area contributed by atoms with Gasteiger partial charge in [0, 0.05) is 19.3 Å². The molecule has 6 heteroatoms. The number of halogens is 6. The van der Waals surface area contributed by atoms with Crippen LogP contribution in [0.2, 0.25) is 0 Å². The molecule has 0 saturated heterocycles. The first kappa shape index (κ1) is 11.8. The molecule has 1 fully saturated rings. The average Bonchev–Trinajstić information content (AvgIpc) is 1.44. The van der Waals surface area contributed by atoms with Gasteiger partial charge >= 0.3 is 0 Å². The summed E-state index contributed by atoms with van der Waals surface area (Å²) in [4.78, 5) is 0. The summed E-state index contributed by atoms with van der Waals surface area (Å²) in [5, 5.41) is 0. The Labute approximate surface area is 101 Å². The lowest BCUT2D eigenvalue weighted by atomic mass is 9.97. The van der Waals surface area contributed by atoms with E-state index in [2.05, 4.69) is 0 Å². The maximum Gasteiger partial charge on any atom is 0.124 e. The highest BCUT2D eigenvalue weighted by Gasteiger charge is 2.51. The predicted molar refractivity (Wildman–Crippen MR) is 57.2 cm³/mol. The fourth-order valence-corrected chi connectivity index (χ4v) is 4.88. The third-order valence-corrected chi connectivity index (χ3v) is 3.16. The van der Waals surface area contributed by atoms with Crippen LogP contribution in [0.15, 0.2) is 0 Å². The zero-order valence-electron chi connectivity index (χ0n) is 5.89. The van der Waals surface area contributed by atoms with E-state index in [9.17, 15) is 0 Å². The molecule has 72 valence electrons. The van der Waals surface area contributed by atoms with Crippen molar-refractivity contribution in [2.24, 2.45) is 0 Å². The lowest BCUT2D eigenvalue weighted by Gasteiger charge is -2.40. The Morgan fingerprint density at radius 2 is 0.667 bits per heavy atom. The monoisotopic (exact) mass is 288 g/mol. The quantitative estimate of drug-likeness (QED) is 0.568. The molecular formula is C6H6Cl6. The summed E-state index contributed by atoms with van der Waals surface area (Å²) < 4.78 is -3.11. The third-order valence-electron chi connectivity index (χ3n) is 1.55. The van der Waals surface area contributed by atoms with Crippen molar-refractivity contribution in [1.82, 2.24) is 0 Å². The Morgan fingerprint density at radius 3 is 0.833 bits per heavy atom. The maximum absolute atomic E-state index is 5.87. The Kier molecular flexibility index (Phi) is 3.34. The van der Waals surface area contributed by atoms with Gasteiger partial charge in [-0.1, -0.05) is 0 Å². The summed E-state index contributed by atoms with van der Waals surface area (Å²) in [5.41, 5.74) is 0. The van der Waals surface area contributed by atoms with Gasteiger partial charge in [-0.05, 0) is 0 Å². The number of hydrogen-bond acceptors (Lipinski definition) is 0. The van der Waals surface area contributed by atoms with Crippen LogP contribution in [0.1, 0.15) is 19.3 Å². The van der Waals surface area contributed by atoms with Crippen LogP contribution in [0.5, 0.6) is 0 Å². The van der Waals surface area contributed by atoms with E-state index >= 15 is 0 Å². The number of alkyl halides is 6. The molecule has 0 aliphatic heterocycles. The van der Waals surface area contributed by atoms with Crippen molar-refractivity contribution in [1.29, 1.82) is 0 Å². The molecule has 0 radical (unpaired) electrons. The smallest absolute Gasteiger partial charge is 0.101 e. The molecule has 12 heavy (non-hydrogen) atoms. The van der Waals surface area contributed by atoms with Crippen molar-refractivity contribution in [3.05, 3.63) is 0 Å². The molecule has 0 N–H and O–H groups in total. The molecule has 0 aromatic heterocycles. The zero-order valence-corrected chi connectivity index (χ0v) is 10.4. The molecule has 0 bridgehead atoms. The minimum absolute atomic E-state index is 0.271. The first-order valence-corrected chi connectivity index (χ1v) is 5.52. The summed E-state index contributed by atoms with van der Waals surface area (Å²) in [5.74, 6) is 0. The summed E-state index contributed by atoms with van der Waals surface area (Å²) in [7, 11) is 0. The highest BCUT2D eigenvalue weighted by molar-refractivity contribution is 6.57. The fourth-order valence-electron chi connectivity index (χ4n) is 1.32. The largest absolute Gasteiger partial charge is 0.124 e. The normalized spacial score (nSPS) is 31.5. The molecule has 1 aliphatic carbocycles. The molecule has 0 amide bonds. The van der Waals surface area contributed by atoms with Gasteiger partial charge in [0.25, 0.3) is 0 Å². The molecular weight excluding hydrogens is 285 g/mol. The SMILES string of the molecule is ClC1(Cl)CC(Cl)(Cl)CC(Cl)(Cl)C1. The number of rotatable bonds is 0. The van der Waals surface area contributed by atoms with Crippen LogP contribution in [-0.4, -0.2) is 13.0 Å². The summed E-state index contributed by atoms with van der Waals surface area (Å²) in [6.07, 6.45) is 0.814. The van der Waals surface area contributed by atoms with Crippen molar-refractivity contribution in [2.75, 3.05) is 0 Å². The van der Waals surface area contributed by atoms with Gasteiger partial charge in [-0.2, -0.15) is 0 Å². The minimum Gasteiger partial charge on any atom is -0.101 e. The van der Waals surface area contributed by atoms with Gasteiger partial charge < -0.3 is 0 Å². The van der Waals surface area contributed by atoms with Crippen LogP contribution in [0, 0.1) is 0 Å². The molecule has 1 aliphatic rings. The second kappa shape index (κ2) is 3.40. The van der Waals surface area contributed by atoms with Gasteiger partial charge in [-0.3, -0.25) is 0 Å². The van der Waals surface area contributed by atoms with Gasteiger partial charge in [0.05, 0.1) is 0 Å². The first-order valence-electron chi connectivity index (χ1n) is 3.26. The third kappa shape index (κ3) is 3.48. The molecule has 0 heterocycles. The number of hydrogen-bond donors (Lipinski definition) is 0. The average molecular weight is 291 g/mol. The van der Waals surface area contributed by atoms with Crippen molar-refractivity contribution >= 4 is 69.6 Å². The summed E-state index contributed by atoms with van der Waals surface area (Å²) in [6, 6.07) is 0. The van der Waals surface area contributed by atoms with Gasteiger partial charge in [-0.15, -0.1) is 69.6 Å². The topological polar surface area (TPSA) is 0 Å². The van der Waals surface area contributed by atoms with Gasteiger partial charge in [0.1, 0.15) is 13.0 Å². The van der Waals surface area contributed by atoms with Crippen LogP contribution in [0.4, 0.5) is 0 Å². The zero-order chi connectivity index (χ0) is 9.62. The lowest BCUT2D eigenvalue weighted by molar-refractivity contribution is 0.433. The van der Waals surface area contributed by atoms with Crippen molar-refractivity contribution < 1.29 is 0 Å². The second-order valence-corrected chi connectivity index (χ2v) is 8.02. The highest BCUT2D eigenvalue weighted by atomic mass is 35.5. The van der Waals surface area contributed by atoms with E-state index in [-0.39, 0.29) is 19.3 Å². The Bertz CT molecular complexity index is 139. The molecule has 0 atom stereocenters. The Hall–Kier alpha value is 1.74. The molecule has 0 unspecified atom stereocenters. The fraction of sp³-hybridized carbons (Fsp3) is 1.00. The van der Waals surface area contributed by atoms with E-state index in [4.69, 9.17) is 69.6 Å². The summed E-state index contributed by atoms with van der Waals surface area (Å²) in [6.45, 7) is 0. The minimum atomic E-state index is -1.04. The van der Waals surface area contributed by atoms with E-state index in [0.717, 1.165) is 0 Å². The molecule has 0 aromatic carbocycles. The van der Waals surface area contributed by atoms with Crippen LogP contribution < -0.4 is 0 Å². The van der Waals surface area contributed by atoms with Crippen LogP contribution in [0.3, 0.4) is 0 Å². The molecule has 0 spiro atoms. The van der Waals surface area contributed by atoms with Crippen molar-refractivity contribution in [2.45, 2.75) is 32.3 Å². The van der Waals surface area contributed by atoms with E-state index < -0.39 is 13.0 Å². The lowest BCUT2D eigenvalue weighted by Crippen LogP contribution is -2.41. The molecule has 0 nitrogen and oxygen atoms in total. The van der Waals surface area contributed by atoms with Crippen LogP contribution in [-0.2, 0) is 0 Å². The molecule has 0 aromatic rings. The van der Waals surface area contributed by atoms with E-state index in [1.165, 1.54) is 0 Å². The van der Waals surface area contributed by atoms with E-state index in [1.54, 1.807) is 0 Å². The van der Waals surface area contributed by atoms with Gasteiger partial charge in [-0.25, -0.2) is 0 Å². The van der Waals surface area contributed by atoms with Crippen LogP contribution in [0.25, 0.3) is 0 Å². The molecule has 1 saturated carbocycles. The Balaban J connectivity index is 2.81. The van der Waals surface area contributed by atoms with Gasteiger partial charge in [0.15, 0.2) is 0 Å².